The van der Waals surface area contributed by atoms with Crippen molar-refractivity contribution in [3.8, 4) is 5.75 Å². The maximum Gasteiger partial charge on any atom is 0.305 e. The topological polar surface area (TPSA) is 98.8 Å². The van der Waals surface area contributed by atoms with E-state index in [4.69, 9.17) is 4.74 Å². The number of carbonyl (C=O) groups is 2. The van der Waals surface area contributed by atoms with Crippen LogP contribution in [0.15, 0.2) is 89.8 Å². The van der Waals surface area contributed by atoms with Crippen molar-refractivity contribution in [2.24, 2.45) is 0 Å². The van der Waals surface area contributed by atoms with E-state index in [0.717, 1.165) is 5.56 Å². The van der Waals surface area contributed by atoms with Gasteiger partial charge >= 0.3 is 5.97 Å². The zero-order valence-electron chi connectivity index (χ0n) is 19.3. The number of allylic oxidation sites excluding steroid dienone is 1. The summed E-state index contributed by atoms with van der Waals surface area (Å²) in [7, 11) is -2.35. The summed E-state index contributed by atoms with van der Waals surface area (Å²) < 4.78 is 38.0. The van der Waals surface area contributed by atoms with Crippen LogP contribution in [0.4, 0.5) is 5.69 Å². The average Bonchev–Trinajstić information content (AvgIpc) is 2.87. The number of ketones is 1. The number of sulfonamides is 1. The number of nitrogens with one attached hydrogen (secondary N) is 1. The molecule has 0 heterocycles. The lowest BCUT2D eigenvalue weighted by atomic mass is 10.1. The lowest BCUT2D eigenvalue weighted by Crippen LogP contribution is -2.12. The number of hydrogen-bond acceptors (Lipinski definition) is 6. The van der Waals surface area contributed by atoms with Gasteiger partial charge in [0.25, 0.3) is 10.0 Å². The molecule has 0 amide bonds. The van der Waals surface area contributed by atoms with E-state index in [1.807, 2.05) is 18.2 Å². The van der Waals surface area contributed by atoms with E-state index in [9.17, 15) is 18.0 Å². The molecule has 3 rings (SSSR count). The van der Waals surface area contributed by atoms with Crippen LogP contribution >= 0.6 is 0 Å². The smallest absolute Gasteiger partial charge is 0.305 e. The van der Waals surface area contributed by atoms with Crippen molar-refractivity contribution in [1.29, 1.82) is 0 Å². The number of benzene rings is 3. The first-order chi connectivity index (χ1) is 16.9. The normalized spacial score (nSPS) is 11.2. The second-order valence-electron chi connectivity index (χ2n) is 7.63. The largest absolute Gasteiger partial charge is 0.493 e. The number of esters is 1. The van der Waals surface area contributed by atoms with Crippen molar-refractivity contribution < 1.29 is 27.5 Å². The van der Waals surface area contributed by atoms with Crippen molar-refractivity contribution >= 4 is 33.5 Å². The first-order valence-corrected chi connectivity index (χ1v) is 12.5. The van der Waals surface area contributed by atoms with Gasteiger partial charge in [-0.3, -0.25) is 14.3 Å². The van der Waals surface area contributed by atoms with Gasteiger partial charge in [0.05, 0.1) is 18.6 Å². The average molecular weight is 494 g/mol. The van der Waals surface area contributed by atoms with Crippen molar-refractivity contribution in [2.75, 3.05) is 18.4 Å². The fourth-order valence-corrected chi connectivity index (χ4v) is 4.31. The van der Waals surface area contributed by atoms with Crippen molar-refractivity contribution in [3.05, 3.63) is 96.1 Å². The molecular weight excluding hydrogens is 466 g/mol. The highest BCUT2D eigenvalue weighted by molar-refractivity contribution is 7.92. The van der Waals surface area contributed by atoms with Gasteiger partial charge in [0.2, 0.25) is 0 Å². The Labute approximate surface area is 205 Å². The van der Waals surface area contributed by atoms with E-state index < -0.39 is 10.0 Å². The van der Waals surface area contributed by atoms with Crippen LogP contribution in [0, 0.1) is 0 Å². The van der Waals surface area contributed by atoms with Gasteiger partial charge in [0, 0.05) is 18.5 Å². The van der Waals surface area contributed by atoms with Crippen molar-refractivity contribution in [1.82, 2.24) is 0 Å². The summed E-state index contributed by atoms with van der Waals surface area (Å²) in [6.07, 6.45) is 3.98. The number of methoxy groups -OCH3 is 1. The molecule has 0 fully saturated rings. The number of aryl methyl sites for hydroxylation is 1. The predicted octanol–water partition coefficient (Wildman–Crippen LogP) is 4.64. The first kappa shape index (κ1) is 25.7. The molecule has 1 N–H and O–H groups in total. The molecular formula is C27H27NO6S. The number of para-hydroxylation sites is 1. The summed E-state index contributed by atoms with van der Waals surface area (Å²) in [4.78, 5) is 23.9. The fourth-order valence-electron chi connectivity index (χ4n) is 3.24. The highest BCUT2D eigenvalue weighted by Crippen LogP contribution is 2.20. The van der Waals surface area contributed by atoms with Crippen LogP contribution < -0.4 is 9.46 Å². The standard InChI is InChI=1S/C27H27NO6S/c1-33-27(30)17-15-22-9-5-6-13-26(22)34-19-18-24(29)16-14-21-8-7-10-23(20-21)28-35(31,32)25-11-3-2-4-12-25/h2-14,16,20,28H,15,17-19H2,1H3/b16-14+. The van der Waals surface area contributed by atoms with E-state index in [0.29, 0.717) is 23.4 Å². The SMILES string of the molecule is COC(=O)CCc1ccccc1OCCC(=O)/C=C/c1cccc(NS(=O)(=O)c2ccccc2)c1. The Hall–Kier alpha value is -3.91. The molecule has 0 aliphatic heterocycles. The minimum absolute atomic E-state index is 0.132. The van der Waals surface area contributed by atoms with E-state index in [-0.39, 0.29) is 36.1 Å². The Morgan fingerprint density at radius 3 is 2.43 bits per heavy atom. The molecule has 0 radical (unpaired) electrons. The molecule has 0 spiro atoms. The molecule has 0 bridgehead atoms. The molecule has 0 saturated heterocycles. The fraction of sp³-hybridized carbons (Fsp3) is 0.185. The predicted molar refractivity (Wildman–Crippen MR) is 135 cm³/mol. The number of anilines is 1. The zero-order chi connectivity index (χ0) is 25.1. The van der Waals surface area contributed by atoms with Gasteiger partial charge in [-0.15, -0.1) is 0 Å². The van der Waals surface area contributed by atoms with Gasteiger partial charge in [-0.2, -0.15) is 0 Å². The second kappa shape index (κ2) is 12.5. The summed E-state index contributed by atoms with van der Waals surface area (Å²) >= 11 is 0. The number of ether oxygens (including phenoxy) is 2. The number of hydrogen-bond donors (Lipinski definition) is 1. The quantitative estimate of drug-likeness (QED) is 0.291. The van der Waals surface area contributed by atoms with Crippen LogP contribution in [-0.2, 0) is 30.8 Å². The molecule has 0 saturated carbocycles. The molecule has 8 heteroatoms. The third kappa shape index (κ3) is 8.12. The van der Waals surface area contributed by atoms with E-state index in [1.165, 1.54) is 25.3 Å². The number of rotatable bonds is 12. The van der Waals surface area contributed by atoms with Gasteiger partial charge in [-0.05, 0) is 54.0 Å². The minimum Gasteiger partial charge on any atom is -0.493 e. The van der Waals surface area contributed by atoms with Crippen LogP contribution in [0.3, 0.4) is 0 Å². The lowest BCUT2D eigenvalue weighted by molar-refractivity contribution is -0.140. The molecule has 3 aromatic carbocycles. The van der Waals surface area contributed by atoms with Crippen molar-refractivity contribution in [2.45, 2.75) is 24.2 Å². The summed E-state index contributed by atoms with van der Waals surface area (Å²) in [5.41, 5.74) is 1.95. The lowest BCUT2D eigenvalue weighted by Gasteiger charge is -2.10. The molecule has 35 heavy (non-hydrogen) atoms. The van der Waals surface area contributed by atoms with Gasteiger partial charge in [0.15, 0.2) is 5.78 Å². The van der Waals surface area contributed by atoms with Gasteiger partial charge < -0.3 is 9.47 Å². The minimum atomic E-state index is -3.70. The summed E-state index contributed by atoms with van der Waals surface area (Å²) in [5, 5.41) is 0. The van der Waals surface area contributed by atoms with Gasteiger partial charge in [-0.25, -0.2) is 8.42 Å². The Balaban J connectivity index is 1.53. The Morgan fingerprint density at radius 1 is 0.914 bits per heavy atom. The molecule has 0 unspecified atom stereocenters. The highest BCUT2D eigenvalue weighted by atomic mass is 32.2. The Morgan fingerprint density at radius 2 is 1.66 bits per heavy atom. The Bertz CT molecular complexity index is 1290. The molecule has 0 atom stereocenters. The molecule has 0 aliphatic carbocycles. The van der Waals surface area contributed by atoms with Crippen LogP contribution in [-0.4, -0.2) is 33.9 Å². The second-order valence-corrected chi connectivity index (χ2v) is 9.31. The summed E-state index contributed by atoms with van der Waals surface area (Å²) in [5.74, 6) is 0.205. The van der Waals surface area contributed by atoms with Crippen molar-refractivity contribution in [3.63, 3.8) is 0 Å². The number of carbonyl (C=O) groups excluding carboxylic acids is 2. The van der Waals surface area contributed by atoms with E-state index >= 15 is 0 Å². The molecule has 7 nitrogen and oxygen atoms in total. The van der Waals surface area contributed by atoms with E-state index in [1.54, 1.807) is 54.6 Å². The summed E-state index contributed by atoms with van der Waals surface area (Å²) in [6, 6.07) is 22.2. The Kier molecular flexibility index (Phi) is 9.20. The molecule has 182 valence electrons. The zero-order valence-corrected chi connectivity index (χ0v) is 20.2. The van der Waals surface area contributed by atoms with Gasteiger partial charge in [-0.1, -0.05) is 54.6 Å². The van der Waals surface area contributed by atoms with Crippen LogP contribution in [0.25, 0.3) is 6.08 Å². The summed E-state index contributed by atoms with van der Waals surface area (Å²) in [6.45, 7) is 0.190. The molecule has 0 aliphatic rings. The van der Waals surface area contributed by atoms with Crippen LogP contribution in [0.1, 0.15) is 24.0 Å². The highest BCUT2D eigenvalue weighted by Gasteiger charge is 2.13. The monoisotopic (exact) mass is 493 g/mol. The molecule has 0 aromatic heterocycles. The van der Waals surface area contributed by atoms with E-state index in [2.05, 4.69) is 9.46 Å². The third-order valence-electron chi connectivity index (χ3n) is 5.06. The third-order valence-corrected chi connectivity index (χ3v) is 6.46. The maximum absolute atomic E-state index is 12.5. The molecule has 3 aromatic rings. The van der Waals surface area contributed by atoms with Crippen LogP contribution in [0.2, 0.25) is 0 Å². The maximum atomic E-state index is 12.5. The first-order valence-electron chi connectivity index (χ1n) is 11.0. The van der Waals surface area contributed by atoms with Crippen LogP contribution in [0.5, 0.6) is 5.75 Å². The van der Waals surface area contributed by atoms with Gasteiger partial charge in [0.1, 0.15) is 5.75 Å².